The number of benzene rings is 1. The van der Waals surface area contributed by atoms with Gasteiger partial charge in [-0.05, 0) is 59.6 Å². The van der Waals surface area contributed by atoms with Crippen LogP contribution in [0.2, 0.25) is 0 Å². The summed E-state index contributed by atoms with van der Waals surface area (Å²) >= 11 is 4.70. The average molecular weight is 328 g/mol. The summed E-state index contributed by atoms with van der Waals surface area (Å²) in [6, 6.07) is 6.02. The van der Waals surface area contributed by atoms with Gasteiger partial charge in [0.05, 0.1) is 10.6 Å². The summed E-state index contributed by atoms with van der Waals surface area (Å²) in [6.45, 7) is 3.93. The van der Waals surface area contributed by atoms with Gasteiger partial charge in [-0.3, -0.25) is 4.79 Å². The molecule has 0 unspecified atom stereocenters. The summed E-state index contributed by atoms with van der Waals surface area (Å²) in [4.78, 5) is 13.7. The Morgan fingerprint density at radius 3 is 2.67 bits per heavy atom. The molecule has 1 aromatic carbocycles. The molecule has 2 aromatic rings. The van der Waals surface area contributed by atoms with Crippen molar-refractivity contribution < 1.29 is 9.18 Å². The molecule has 2 rings (SSSR count). The first kappa shape index (κ1) is 13.2. The first-order chi connectivity index (χ1) is 8.47. The maximum Gasteiger partial charge on any atom is 0.265 e. The van der Waals surface area contributed by atoms with E-state index in [0.29, 0.717) is 15.0 Å². The van der Waals surface area contributed by atoms with Crippen molar-refractivity contribution in [3.63, 3.8) is 0 Å². The van der Waals surface area contributed by atoms with E-state index >= 15 is 0 Å². The number of amides is 1. The van der Waals surface area contributed by atoms with E-state index in [2.05, 4.69) is 21.2 Å². The van der Waals surface area contributed by atoms with Gasteiger partial charge >= 0.3 is 0 Å². The van der Waals surface area contributed by atoms with Crippen molar-refractivity contribution in [2.75, 3.05) is 5.32 Å². The zero-order valence-electron chi connectivity index (χ0n) is 9.88. The molecule has 1 aromatic heterocycles. The molecule has 1 heterocycles. The minimum atomic E-state index is -0.382. The number of halogens is 2. The lowest BCUT2D eigenvalue weighted by Gasteiger charge is -2.06. The molecule has 0 bridgehead atoms. The molecule has 1 amide bonds. The highest BCUT2D eigenvalue weighted by atomic mass is 79.9. The van der Waals surface area contributed by atoms with Gasteiger partial charge in [0.2, 0.25) is 0 Å². The van der Waals surface area contributed by atoms with Gasteiger partial charge in [0.25, 0.3) is 5.91 Å². The summed E-state index contributed by atoms with van der Waals surface area (Å²) in [5.41, 5.74) is 1.52. The fourth-order valence-electron chi connectivity index (χ4n) is 1.46. The van der Waals surface area contributed by atoms with Gasteiger partial charge in [0.1, 0.15) is 5.82 Å². The van der Waals surface area contributed by atoms with E-state index in [4.69, 9.17) is 0 Å². The van der Waals surface area contributed by atoms with Crippen molar-refractivity contribution in [1.82, 2.24) is 0 Å². The van der Waals surface area contributed by atoms with Crippen molar-refractivity contribution in [1.29, 1.82) is 0 Å². The maximum absolute atomic E-state index is 13.1. The molecule has 18 heavy (non-hydrogen) atoms. The van der Waals surface area contributed by atoms with Gasteiger partial charge in [-0.15, -0.1) is 11.3 Å². The van der Waals surface area contributed by atoms with Crippen LogP contribution < -0.4 is 5.32 Å². The van der Waals surface area contributed by atoms with Crippen molar-refractivity contribution in [3.8, 4) is 0 Å². The Morgan fingerprint density at radius 1 is 1.33 bits per heavy atom. The third-order valence-electron chi connectivity index (χ3n) is 2.57. The number of carbonyl (C=O) groups is 1. The van der Waals surface area contributed by atoms with Crippen LogP contribution in [0.25, 0.3) is 0 Å². The van der Waals surface area contributed by atoms with Crippen LogP contribution in [0.1, 0.15) is 20.1 Å². The molecule has 0 radical (unpaired) electrons. The van der Waals surface area contributed by atoms with Crippen LogP contribution in [0.15, 0.2) is 28.7 Å². The van der Waals surface area contributed by atoms with Crippen molar-refractivity contribution in [3.05, 3.63) is 49.9 Å². The fourth-order valence-corrected chi connectivity index (χ4v) is 2.74. The number of rotatable bonds is 2. The predicted octanol–water partition coefficient (Wildman–Crippen LogP) is 4.52. The monoisotopic (exact) mass is 327 g/mol. The number of hydrogen-bond donors (Lipinski definition) is 1. The van der Waals surface area contributed by atoms with Crippen LogP contribution in [-0.2, 0) is 0 Å². The van der Waals surface area contributed by atoms with Gasteiger partial charge < -0.3 is 5.32 Å². The van der Waals surface area contributed by atoms with Crippen LogP contribution in [0, 0.1) is 19.7 Å². The Morgan fingerprint density at radius 2 is 2.06 bits per heavy atom. The van der Waals surface area contributed by atoms with Crippen LogP contribution in [0.4, 0.5) is 10.1 Å². The minimum Gasteiger partial charge on any atom is -0.320 e. The van der Waals surface area contributed by atoms with E-state index in [-0.39, 0.29) is 11.7 Å². The smallest absolute Gasteiger partial charge is 0.265 e. The Kier molecular flexibility index (Phi) is 3.82. The second-order valence-electron chi connectivity index (χ2n) is 3.93. The lowest BCUT2D eigenvalue weighted by atomic mass is 10.2. The Labute approximate surface area is 117 Å². The first-order valence-corrected chi connectivity index (χ1v) is 6.92. The molecule has 94 valence electrons. The fraction of sp³-hybridized carbons (Fsp3) is 0.154. The number of nitrogens with one attached hydrogen (secondary N) is 1. The SMILES string of the molecule is Cc1cc(C(=O)Nc2cc(F)ccc2Br)sc1C. The average Bonchev–Trinajstić information content (AvgIpc) is 2.64. The molecule has 0 saturated carbocycles. The van der Waals surface area contributed by atoms with Crippen molar-refractivity contribution in [2.45, 2.75) is 13.8 Å². The van der Waals surface area contributed by atoms with Crippen LogP contribution >= 0.6 is 27.3 Å². The molecular formula is C13H11BrFNOS. The zero-order chi connectivity index (χ0) is 13.3. The molecule has 0 aliphatic carbocycles. The Hall–Kier alpha value is -1.20. The standard InChI is InChI=1S/C13H11BrFNOS/c1-7-5-12(18-8(7)2)13(17)16-11-6-9(15)3-4-10(11)14/h3-6H,1-2H3,(H,16,17). The summed E-state index contributed by atoms with van der Waals surface area (Å²) in [7, 11) is 0. The second kappa shape index (κ2) is 5.20. The Balaban J connectivity index is 2.23. The molecule has 0 spiro atoms. The van der Waals surface area contributed by atoms with Crippen molar-refractivity contribution in [2.24, 2.45) is 0 Å². The number of hydrogen-bond acceptors (Lipinski definition) is 2. The number of carbonyl (C=O) groups excluding carboxylic acids is 1. The van der Waals surface area contributed by atoms with Gasteiger partial charge in [0, 0.05) is 9.35 Å². The van der Waals surface area contributed by atoms with Crippen LogP contribution in [0.3, 0.4) is 0 Å². The zero-order valence-corrected chi connectivity index (χ0v) is 12.3. The second-order valence-corrected chi connectivity index (χ2v) is 6.04. The maximum atomic E-state index is 13.1. The summed E-state index contributed by atoms with van der Waals surface area (Å²) in [5, 5.41) is 2.69. The third kappa shape index (κ3) is 2.79. The quantitative estimate of drug-likeness (QED) is 0.863. The molecule has 0 saturated heterocycles. The highest BCUT2D eigenvalue weighted by Crippen LogP contribution is 2.26. The van der Waals surface area contributed by atoms with E-state index in [0.717, 1.165) is 10.4 Å². The van der Waals surface area contributed by atoms with E-state index < -0.39 is 0 Å². The molecule has 0 aliphatic rings. The van der Waals surface area contributed by atoms with E-state index in [1.165, 1.54) is 23.5 Å². The van der Waals surface area contributed by atoms with E-state index in [9.17, 15) is 9.18 Å². The highest BCUT2D eigenvalue weighted by Gasteiger charge is 2.12. The molecule has 5 heteroatoms. The summed E-state index contributed by atoms with van der Waals surface area (Å²) in [6.07, 6.45) is 0. The van der Waals surface area contributed by atoms with Gasteiger partial charge in [-0.2, -0.15) is 0 Å². The van der Waals surface area contributed by atoms with Crippen LogP contribution in [0.5, 0.6) is 0 Å². The number of anilines is 1. The molecular weight excluding hydrogens is 317 g/mol. The summed E-state index contributed by atoms with van der Waals surface area (Å²) in [5.74, 6) is -0.602. The minimum absolute atomic E-state index is 0.220. The largest absolute Gasteiger partial charge is 0.320 e. The molecule has 0 fully saturated rings. The molecule has 1 N–H and O–H groups in total. The van der Waals surface area contributed by atoms with Gasteiger partial charge in [-0.25, -0.2) is 4.39 Å². The number of aryl methyl sites for hydroxylation is 2. The van der Waals surface area contributed by atoms with Gasteiger partial charge in [0.15, 0.2) is 0 Å². The van der Waals surface area contributed by atoms with Crippen LogP contribution in [-0.4, -0.2) is 5.91 Å². The molecule has 0 atom stereocenters. The predicted molar refractivity (Wildman–Crippen MR) is 75.8 cm³/mol. The van der Waals surface area contributed by atoms with Gasteiger partial charge in [-0.1, -0.05) is 0 Å². The third-order valence-corrected chi connectivity index (χ3v) is 4.41. The highest BCUT2D eigenvalue weighted by molar-refractivity contribution is 9.10. The lowest BCUT2D eigenvalue weighted by Crippen LogP contribution is -2.10. The van der Waals surface area contributed by atoms with E-state index in [1.807, 2.05) is 19.9 Å². The molecule has 2 nitrogen and oxygen atoms in total. The van der Waals surface area contributed by atoms with E-state index in [1.54, 1.807) is 6.07 Å². The van der Waals surface area contributed by atoms with Crippen molar-refractivity contribution >= 4 is 38.9 Å². The Bertz CT molecular complexity index is 590. The molecule has 0 aliphatic heterocycles. The number of thiophene rings is 1. The first-order valence-electron chi connectivity index (χ1n) is 5.31. The normalized spacial score (nSPS) is 10.4. The lowest BCUT2D eigenvalue weighted by molar-refractivity contribution is 0.103. The summed E-state index contributed by atoms with van der Waals surface area (Å²) < 4.78 is 13.8. The topological polar surface area (TPSA) is 29.1 Å².